The molecule has 0 aliphatic carbocycles. The molecule has 1 saturated heterocycles. The number of aryl methyl sites for hydroxylation is 1. The highest BCUT2D eigenvalue weighted by molar-refractivity contribution is 7.89. The molecule has 1 aliphatic heterocycles. The monoisotopic (exact) mass is 366 g/mol. The topological polar surface area (TPSA) is 78.1 Å². The fraction of sp³-hybridized carbons (Fsp3) is 0.471. The first-order valence-electron chi connectivity index (χ1n) is 8.50. The summed E-state index contributed by atoms with van der Waals surface area (Å²) < 4.78 is 41.5. The molecule has 2 N–H and O–H groups in total. The molecule has 0 radical (unpaired) electrons. The lowest BCUT2D eigenvalue weighted by molar-refractivity contribution is 0.192. The summed E-state index contributed by atoms with van der Waals surface area (Å²) in [6.07, 6.45) is 3.63. The Balaban J connectivity index is 1.64. The molecule has 3 rings (SSSR count). The van der Waals surface area contributed by atoms with Gasteiger partial charge in [0.15, 0.2) is 5.03 Å². The Bertz CT molecular complexity index is 822. The van der Waals surface area contributed by atoms with Crippen LogP contribution in [-0.4, -0.2) is 42.4 Å². The van der Waals surface area contributed by atoms with E-state index in [1.54, 1.807) is 12.1 Å². The first kappa shape index (κ1) is 18.0. The number of nitrogens with one attached hydrogen (secondary N) is 2. The Morgan fingerprint density at radius 3 is 2.92 bits per heavy atom. The van der Waals surface area contributed by atoms with E-state index in [2.05, 4.69) is 19.6 Å². The molecule has 1 aromatic carbocycles. The molecular weight excluding hydrogens is 343 g/mol. The quantitative estimate of drug-likeness (QED) is 0.820. The number of hydrogen-bond acceptors (Lipinski definition) is 4. The summed E-state index contributed by atoms with van der Waals surface area (Å²) in [5, 5.41) is 0.0931. The van der Waals surface area contributed by atoms with Crippen molar-refractivity contribution in [3.63, 3.8) is 0 Å². The van der Waals surface area contributed by atoms with Crippen LogP contribution in [0.5, 0.6) is 0 Å². The van der Waals surface area contributed by atoms with Gasteiger partial charge in [-0.1, -0.05) is 25.1 Å². The van der Waals surface area contributed by atoms with Crippen LogP contribution in [0, 0.1) is 5.82 Å². The normalized spacial score (nSPS) is 19.2. The average Bonchev–Trinajstić information content (AvgIpc) is 3.07. The number of rotatable bonds is 6. The van der Waals surface area contributed by atoms with E-state index in [0.29, 0.717) is 30.9 Å². The maximum Gasteiger partial charge on any atom is 0.257 e. The fourth-order valence-electron chi connectivity index (χ4n) is 3.11. The fourth-order valence-corrected chi connectivity index (χ4v) is 4.31. The van der Waals surface area contributed by atoms with E-state index in [0.717, 1.165) is 19.4 Å². The second-order valence-electron chi connectivity index (χ2n) is 6.33. The van der Waals surface area contributed by atoms with Crippen molar-refractivity contribution in [2.24, 2.45) is 0 Å². The minimum absolute atomic E-state index is 0.0931. The van der Waals surface area contributed by atoms with Crippen molar-refractivity contribution in [2.45, 2.75) is 43.8 Å². The minimum Gasteiger partial charge on any atom is -0.332 e. The first-order chi connectivity index (χ1) is 12.0. The molecular formula is C17H23FN4O2S. The molecule has 25 heavy (non-hydrogen) atoms. The Morgan fingerprint density at radius 1 is 1.40 bits per heavy atom. The Morgan fingerprint density at radius 2 is 2.20 bits per heavy atom. The molecule has 0 amide bonds. The highest BCUT2D eigenvalue weighted by atomic mass is 32.2. The number of imidazole rings is 1. The maximum atomic E-state index is 13.8. The molecule has 0 saturated carbocycles. The smallest absolute Gasteiger partial charge is 0.257 e. The predicted octanol–water partition coefficient (Wildman–Crippen LogP) is 2.05. The van der Waals surface area contributed by atoms with Crippen LogP contribution in [0.25, 0.3) is 0 Å². The second kappa shape index (κ2) is 7.63. The molecule has 0 spiro atoms. The molecule has 1 aromatic heterocycles. The van der Waals surface area contributed by atoms with Crippen LogP contribution < -0.4 is 4.72 Å². The van der Waals surface area contributed by atoms with Gasteiger partial charge < -0.3 is 4.98 Å². The van der Waals surface area contributed by atoms with Crippen molar-refractivity contribution in [3.05, 3.63) is 47.7 Å². The van der Waals surface area contributed by atoms with E-state index in [4.69, 9.17) is 0 Å². The van der Waals surface area contributed by atoms with Crippen LogP contribution in [0.2, 0.25) is 0 Å². The number of aromatic nitrogens is 2. The number of piperidine rings is 1. The van der Waals surface area contributed by atoms with E-state index >= 15 is 0 Å². The lowest BCUT2D eigenvalue weighted by Crippen LogP contribution is -2.47. The van der Waals surface area contributed by atoms with Gasteiger partial charge in [0.1, 0.15) is 11.6 Å². The SMILES string of the molecule is CCc1ncc(S(=O)(=O)NC2CCCN(Cc3ccccc3F)C2)[nH]1. The lowest BCUT2D eigenvalue weighted by Gasteiger charge is -2.32. The van der Waals surface area contributed by atoms with Gasteiger partial charge in [0.2, 0.25) is 0 Å². The molecule has 8 heteroatoms. The number of aromatic amines is 1. The predicted molar refractivity (Wildman–Crippen MR) is 93.0 cm³/mol. The number of halogens is 1. The highest BCUT2D eigenvalue weighted by Crippen LogP contribution is 2.17. The zero-order chi connectivity index (χ0) is 17.9. The summed E-state index contributed by atoms with van der Waals surface area (Å²) in [5.41, 5.74) is 0.632. The van der Waals surface area contributed by atoms with Gasteiger partial charge in [-0.25, -0.2) is 22.5 Å². The van der Waals surface area contributed by atoms with Crippen LogP contribution in [0.3, 0.4) is 0 Å². The van der Waals surface area contributed by atoms with Crippen molar-refractivity contribution >= 4 is 10.0 Å². The van der Waals surface area contributed by atoms with Crippen LogP contribution in [0.15, 0.2) is 35.5 Å². The van der Waals surface area contributed by atoms with Gasteiger partial charge in [0.05, 0.1) is 6.20 Å². The van der Waals surface area contributed by atoms with E-state index in [-0.39, 0.29) is 16.9 Å². The van der Waals surface area contributed by atoms with E-state index in [1.165, 1.54) is 12.3 Å². The highest BCUT2D eigenvalue weighted by Gasteiger charge is 2.26. The lowest BCUT2D eigenvalue weighted by atomic mass is 10.1. The molecule has 1 fully saturated rings. The Labute approximate surface area is 147 Å². The van der Waals surface area contributed by atoms with Crippen molar-refractivity contribution in [1.82, 2.24) is 19.6 Å². The number of sulfonamides is 1. The largest absolute Gasteiger partial charge is 0.332 e. The van der Waals surface area contributed by atoms with Crippen LogP contribution >= 0.6 is 0 Å². The zero-order valence-corrected chi connectivity index (χ0v) is 15.0. The van der Waals surface area contributed by atoms with Gasteiger partial charge in [-0.05, 0) is 25.5 Å². The molecule has 0 bridgehead atoms. The molecule has 2 heterocycles. The molecule has 1 unspecified atom stereocenters. The van der Waals surface area contributed by atoms with Gasteiger partial charge in [-0.3, -0.25) is 4.90 Å². The molecule has 6 nitrogen and oxygen atoms in total. The number of H-pyrrole nitrogens is 1. The van der Waals surface area contributed by atoms with Crippen molar-refractivity contribution in [3.8, 4) is 0 Å². The Kier molecular flexibility index (Phi) is 5.51. The number of likely N-dealkylation sites (tertiary alicyclic amines) is 1. The third-order valence-electron chi connectivity index (χ3n) is 4.41. The molecule has 1 atom stereocenters. The van der Waals surface area contributed by atoms with Gasteiger partial charge >= 0.3 is 0 Å². The van der Waals surface area contributed by atoms with E-state index < -0.39 is 10.0 Å². The number of nitrogens with zero attached hydrogens (tertiary/aromatic N) is 2. The maximum absolute atomic E-state index is 13.8. The van der Waals surface area contributed by atoms with Crippen molar-refractivity contribution < 1.29 is 12.8 Å². The van der Waals surface area contributed by atoms with Crippen LogP contribution in [0.4, 0.5) is 4.39 Å². The summed E-state index contributed by atoms with van der Waals surface area (Å²) in [6, 6.07) is 6.50. The average molecular weight is 366 g/mol. The first-order valence-corrected chi connectivity index (χ1v) is 9.98. The van der Waals surface area contributed by atoms with Gasteiger partial charge in [-0.2, -0.15) is 0 Å². The van der Waals surface area contributed by atoms with Crippen LogP contribution in [0.1, 0.15) is 31.2 Å². The summed E-state index contributed by atoms with van der Waals surface area (Å²) in [6.45, 7) is 3.78. The number of hydrogen-bond donors (Lipinski definition) is 2. The summed E-state index contributed by atoms with van der Waals surface area (Å²) in [5.74, 6) is 0.417. The van der Waals surface area contributed by atoms with Crippen molar-refractivity contribution in [2.75, 3.05) is 13.1 Å². The Hall–Kier alpha value is -1.77. The third-order valence-corrected chi connectivity index (χ3v) is 5.84. The second-order valence-corrected chi connectivity index (χ2v) is 8.02. The number of benzene rings is 1. The van der Waals surface area contributed by atoms with Crippen molar-refractivity contribution in [1.29, 1.82) is 0 Å². The molecule has 2 aromatic rings. The van der Waals surface area contributed by atoms with Crippen LogP contribution in [-0.2, 0) is 23.0 Å². The van der Waals surface area contributed by atoms with E-state index in [1.807, 2.05) is 13.0 Å². The van der Waals surface area contributed by atoms with Gasteiger partial charge in [0, 0.05) is 31.1 Å². The van der Waals surface area contributed by atoms with Gasteiger partial charge in [0.25, 0.3) is 10.0 Å². The third kappa shape index (κ3) is 4.45. The van der Waals surface area contributed by atoms with Gasteiger partial charge in [-0.15, -0.1) is 0 Å². The zero-order valence-electron chi connectivity index (χ0n) is 14.2. The summed E-state index contributed by atoms with van der Waals surface area (Å²) in [4.78, 5) is 8.96. The summed E-state index contributed by atoms with van der Waals surface area (Å²) in [7, 11) is -3.62. The van der Waals surface area contributed by atoms with E-state index in [9.17, 15) is 12.8 Å². The molecule has 136 valence electrons. The minimum atomic E-state index is -3.62. The summed E-state index contributed by atoms with van der Waals surface area (Å²) >= 11 is 0. The standard InChI is InChI=1S/C17H23FN4O2S/c1-2-16-19-10-17(20-16)25(23,24)21-14-7-5-9-22(12-14)11-13-6-3-4-8-15(13)18/h3-4,6,8,10,14,21H,2,5,7,9,11-12H2,1H3,(H,19,20). The molecule has 1 aliphatic rings.